The van der Waals surface area contributed by atoms with E-state index in [0.717, 1.165) is 10.9 Å². The number of H-pyrrole nitrogens is 1. The normalized spacial score (nSPS) is 19.7. The summed E-state index contributed by atoms with van der Waals surface area (Å²) in [5.74, 6) is -0.879. The van der Waals surface area contributed by atoms with Gasteiger partial charge in [0.15, 0.2) is 16.4 Å². The van der Waals surface area contributed by atoms with E-state index in [2.05, 4.69) is 4.98 Å². The van der Waals surface area contributed by atoms with Crippen molar-refractivity contribution in [3.63, 3.8) is 0 Å². The van der Waals surface area contributed by atoms with Crippen LogP contribution in [0.2, 0.25) is 0 Å². The summed E-state index contributed by atoms with van der Waals surface area (Å²) >= 11 is 0. The third-order valence-corrected chi connectivity index (χ3v) is 6.84. The molecule has 1 aliphatic rings. The molecule has 1 saturated heterocycles. The zero-order valence-electron chi connectivity index (χ0n) is 15.5. The van der Waals surface area contributed by atoms with Gasteiger partial charge in [0, 0.05) is 29.2 Å². The molecule has 1 amide bonds. The van der Waals surface area contributed by atoms with Crippen molar-refractivity contribution in [2.75, 3.05) is 18.1 Å². The molecule has 7 nitrogen and oxygen atoms in total. The van der Waals surface area contributed by atoms with Crippen LogP contribution < -0.4 is 0 Å². The fraction of sp³-hybridized carbons (Fsp3) is 0.474. The van der Waals surface area contributed by atoms with E-state index in [4.69, 9.17) is 4.74 Å². The lowest BCUT2D eigenvalue weighted by atomic mass is 10.1. The number of para-hydroxylation sites is 1. The SMILES string of the molecule is CC[C@H](C)N(C(=O)COC(=O)c1c[nH]c2ccccc12)[C@@H]1CCS(=O)(=O)C1. The number of sulfone groups is 1. The second-order valence-corrected chi connectivity index (χ2v) is 9.17. The Balaban J connectivity index is 1.69. The summed E-state index contributed by atoms with van der Waals surface area (Å²) in [5.41, 5.74) is 1.19. The first-order valence-corrected chi connectivity index (χ1v) is 10.9. The van der Waals surface area contributed by atoms with E-state index in [0.29, 0.717) is 18.4 Å². The first-order valence-electron chi connectivity index (χ1n) is 9.07. The Kier molecular flexibility index (Phi) is 5.55. The number of fused-ring (bicyclic) bond motifs is 1. The molecule has 1 aromatic carbocycles. The number of carbonyl (C=O) groups is 2. The van der Waals surface area contributed by atoms with E-state index in [1.807, 2.05) is 32.0 Å². The first kappa shape index (κ1) is 19.4. The number of nitrogens with zero attached hydrogens (tertiary/aromatic N) is 1. The number of aromatic nitrogens is 1. The van der Waals surface area contributed by atoms with Gasteiger partial charge in [-0.2, -0.15) is 0 Å². The highest BCUT2D eigenvalue weighted by atomic mass is 32.2. The summed E-state index contributed by atoms with van der Waals surface area (Å²) in [6.45, 7) is 3.41. The van der Waals surface area contributed by atoms with Gasteiger partial charge in [-0.05, 0) is 25.8 Å². The van der Waals surface area contributed by atoms with Crippen molar-refractivity contribution in [2.24, 2.45) is 0 Å². The molecule has 1 N–H and O–H groups in total. The number of hydrogen-bond donors (Lipinski definition) is 1. The summed E-state index contributed by atoms with van der Waals surface area (Å²) in [7, 11) is -3.11. The van der Waals surface area contributed by atoms with Gasteiger partial charge in [0.25, 0.3) is 5.91 Å². The van der Waals surface area contributed by atoms with Crippen LogP contribution in [0.1, 0.15) is 37.0 Å². The molecule has 1 aliphatic heterocycles. The van der Waals surface area contributed by atoms with Gasteiger partial charge >= 0.3 is 5.97 Å². The second kappa shape index (κ2) is 7.72. The number of carbonyl (C=O) groups excluding carboxylic acids is 2. The molecule has 146 valence electrons. The molecule has 0 saturated carbocycles. The Hall–Kier alpha value is -2.35. The zero-order chi connectivity index (χ0) is 19.6. The molecule has 3 rings (SSSR count). The third-order valence-electron chi connectivity index (χ3n) is 5.09. The minimum Gasteiger partial charge on any atom is -0.452 e. The Morgan fingerprint density at radius 2 is 2.07 bits per heavy atom. The molecule has 27 heavy (non-hydrogen) atoms. The molecular weight excluding hydrogens is 368 g/mol. The number of amides is 1. The highest BCUT2D eigenvalue weighted by molar-refractivity contribution is 7.91. The van der Waals surface area contributed by atoms with Gasteiger partial charge in [-0.1, -0.05) is 25.1 Å². The Morgan fingerprint density at radius 3 is 2.74 bits per heavy atom. The van der Waals surface area contributed by atoms with Crippen molar-refractivity contribution in [3.8, 4) is 0 Å². The zero-order valence-corrected chi connectivity index (χ0v) is 16.3. The van der Waals surface area contributed by atoms with Gasteiger partial charge in [-0.25, -0.2) is 13.2 Å². The van der Waals surface area contributed by atoms with Crippen LogP contribution in [0.15, 0.2) is 30.5 Å². The topological polar surface area (TPSA) is 96.5 Å². The lowest BCUT2D eigenvalue weighted by Crippen LogP contribution is -2.48. The number of ether oxygens (including phenoxy) is 1. The molecule has 0 spiro atoms. The van der Waals surface area contributed by atoms with Gasteiger partial charge < -0.3 is 14.6 Å². The van der Waals surface area contributed by atoms with Gasteiger partial charge in [-0.3, -0.25) is 4.79 Å². The van der Waals surface area contributed by atoms with Crippen LogP contribution in [0.4, 0.5) is 0 Å². The van der Waals surface area contributed by atoms with E-state index >= 15 is 0 Å². The molecule has 2 heterocycles. The van der Waals surface area contributed by atoms with E-state index in [9.17, 15) is 18.0 Å². The monoisotopic (exact) mass is 392 g/mol. The van der Waals surface area contributed by atoms with Crippen molar-refractivity contribution in [1.82, 2.24) is 9.88 Å². The molecule has 1 aromatic heterocycles. The number of hydrogen-bond acceptors (Lipinski definition) is 5. The fourth-order valence-corrected chi connectivity index (χ4v) is 5.23. The average molecular weight is 392 g/mol. The third kappa shape index (κ3) is 4.16. The lowest BCUT2D eigenvalue weighted by Gasteiger charge is -2.33. The number of benzene rings is 1. The maximum absolute atomic E-state index is 12.7. The molecule has 0 radical (unpaired) electrons. The van der Waals surface area contributed by atoms with E-state index in [-0.39, 0.29) is 29.5 Å². The van der Waals surface area contributed by atoms with Gasteiger partial charge in [0.1, 0.15) is 0 Å². The first-order chi connectivity index (χ1) is 12.8. The van der Waals surface area contributed by atoms with Crippen LogP contribution in [0.3, 0.4) is 0 Å². The van der Waals surface area contributed by atoms with Crippen LogP contribution in [-0.4, -0.2) is 60.4 Å². The largest absolute Gasteiger partial charge is 0.452 e. The Labute approximate surface area is 158 Å². The average Bonchev–Trinajstić information content (AvgIpc) is 3.23. The van der Waals surface area contributed by atoms with Crippen LogP contribution in [0.25, 0.3) is 10.9 Å². The molecule has 0 bridgehead atoms. The highest BCUT2D eigenvalue weighted by Gasteiger charge is 2.36. The standard InChI is InChI=1S/C19H24N2O5S/c1-3-13(2)21(14-8-9-27(24,25)12-14)18(22)11-26-19(23)16-10-20-17-7-5-4-6-15(16)17/h4-7,10,13-14,20H,3,8-9,11-12H2,1-2H3/t13-,14+/m0/s1. The fourth-order valence-electron chi connectivity index (χ4n) is 3.52. The smallest absolute Gasteiger partial charge is 0.340 e. The summed E-state index contributed by atoms with van der Waals surface area (Å²) in [5, 5.41) is 0.732. The van der Waals surface area contributed by atoms with Gasteiger partial charge in [0.05, 0.1) is 17.1 Å². The van der Waals surface area contributed by atoms with Gasteiger partial charge in [-0.15, -0.1) is 0 Å². The summed E-state index contributed by atoms with van der Waals surface area (Å²) in [6.07, 6.45) is 2.68. The number of esters is 1. The summed E-state index contributed by atoms with van der Waals surface area (Å²) < 4.78 is 28.8. The summed E-state index contributed by atoms with van der Waals surface area (Å²) in [4.78, 5) is 29.7. The highest BCUT2D eigenvalue weighted by Crippen LogP contribution is 2.22. The minimum absolute atomic E-state index is 0.0283. The van der Waals surface area contributed by atoms with E-state index < -0.39 is 22.4 Å². The van der Waals surface area contributed by atoms with Crippen LogP contribution in [-0.2, 0) is 19.4 Å². The van der Waals surface area contributed by atoms with E-state index in [1.165, 1.54) is 0 Å². The maximum atomic E-state index is 12.7. The number of rotatable bonds is 6. The summed E-state index contributed by atoms with van der Waals surface area (Å²) in [6, 6.07) is 6.86. The van der Waals surface area contributed by atoms with Crippen LogP contribution in [0.5, 0.6) is 0 Å². The molecule has 2 aromatic rings. The van der Waals surface area contributed by atoms with Crippen molar-refractivity contribution >= 4 is 32.6 Å². The predicted molar refractivity (Wildman–Crippen MR) is 102 cm³/mol. The lowest BCUT2D eigenvalue weighted by molar-refractivity contribution is -0.138. The number of nitrogens with one attached hydrogen (secondary N) is 1. The maximum Gasteiger partial charge on any atom is 0.340 e. The van der Waals surface area contributed by atoms with Gasteiger partial charge in [0.2, 0.25) is 0 Å². The second-order valence-electron chi connectivity index (χ2n) is 6.94. The van der Waals surface area contributed by atoms with Crippen molar-refractivity contribution in [3.05, 3.63) is 36.0 Å². The molecule has 8 heteroatoms. The van der Waals surface area contributed by atoms with E-state index in [1.54, 1.807) is 17.2 Å². The van der Waals surface area contributed by atoms with Crippen LogP contribution in [0, 0.1) is 0 Å². The molecule has 2 atom stereocenters. The Bertz CT molecular complexity index is 950. The van der Waals surface area contributed by atoms with Crippen LogP contribution >= 0.6 is 0 Å². The Morgan fingerprint density at radius 1 is 1.33 bits per heavy atom. The van der Waals surface area contributed by atoms with Crippen molar-refractivity contribution in [2.45, 2.75) is 38.8 Å². The van der Waals surface area contributed by atoms with Crippen molar-refractivity contribution < 1.29 is 22.7 Å². The molecule has 0 unspecified atom stereocenters. The number of aromatic amines is 1. The van der Waals surface area contributed by atoms with Crippen molar-refractivity contribution in [1.29, 1.82) is 0 Å². The quantitative estimate of drug-likeness (QED) is 0.760. The molecular formula is C19H24N2O5S. The molecule has 0 aliphatic carbocycles. The minimum atomic E-state index is -3.11. The predicted octanol–water partition coefficient (Wildman–Crippen LogP) is 2.14. The molecule has 1 fully saturated rings.